The van der Waals surface area contributed by atoms with Crippen LogP contribution in [0.3, 0.4) is 0 Å². The lowest BCUT2D eigenvalue weighted by Gasteiger charge is -2.44. The van der Waals surface area contributed by atoms with Crippen molar-refractivity contribution in [2.24, 2.45) is 11.3 Å². The van der Waals surface area contributed by atoms with Gasteiger partial charge >= 0.3 is 0 Å². The molecule has 0 saturated heterocycles. The highest BCUT2D eigenvalue weighted by molar-refractivity contribution is 6.30. The molecular formula is C16H22ClFO. The van der Waals surface area contributed by atoms with Gasteiger partial charge < -0.3 is 5.11 Å². The average molecular weight is 285 g/mol. The van der Waals surface area contributed by atoms with Crippen LogP contribution >= 0.6 is 11.6 Å². The van der Waals surface area contributed by atoms with E-state index in [2.05, 4.69) is 20.8 Å². The molecule has 2 rings (SSSR count). The van der Waals surface area contributed by atoms with Gasteiger partial charge in [-0.2, -0.15) is 0 Å². The van der Waals surface area contributed by atoms with Crippen molar-refractivity contribution in [2.75, 3.05) is 0 Å². The molecule has 1 aliphatic carbocycles. The molecule has 1 aromatic rings. The van der Waals surface area contributed by atoms with Gasteiger partial charge in [0, 0.05) is 11.4 Å². The van der Waals surface area contributed by atoms with Crippen LogP contribution in [-0.4, -0.2) is 10.7 Å². The first-order valence-electron chi connectivity index (χ1n) is 6.85. The maximum atomic E-state index is 13.8. The molecule has 0 aliphatic heterocycles. The lowest BCUT2D eigenvalue weighted by atomic mass is 9.64. The van der Waals surface area contributed by atoms with E-state index >= 15 is 0 Å². The fourth-order valence-electron chi connectivity index (χ4n) is 3.87. The van der Waals surface area contributed by atoms with Crippen molar-refractivity contribution < 1.29 is 9.50 Å². The lowest BCUT2D eigenvalue weighted by molar-refractivity contribution is -0.0579. The van der Waals surface area contributed by atoms with E-state index in [4.69, 9.17) is 11.6 Å². The molecule has 1 fully saturated rings. The van der Waals surface area contributed by atoms with Crippen LogP contribution in [-0.2, 0) is 6.42 Å². The van der Waals surface area contributed by atoms with Crippen LogP contribution in [0.5, 0.6) is 0 Å². The molecular weight excluding hydrogens is 263 g/mol. The van der Waals surface area contributed by atoms with Crippen molar-refractivity contribution in [1.29, 1.82) is 0 Å². The molecule has 1 aliphatic rings. The van der Waals surface area contributed by atoms with Crippen molar-refractivity contribution in [3.8, 4) is 0 Å². The maximum Gasteiger partial charge on any atom is 0.126 e. The van der Waals surface area contributed by atoms with Gasteiger partial charge in [0.05, 0.1) is 5.60 Å². The highest BCUT2D eigenvalue weighted by Crippen LogP contribution is 2.45. The zero-order valence-corrected chi connectivity index (χ0v) is 12.6. The first-order valence-corrected chi connectivity index (χ1v) is 7.23. The third-order valence-electron chi connectivity index (χ3n) is 3.96. The normalized spacial score (nSPS) is 30.3. The minimum Gasteiger partial charge on any atom is -0.390 e. The van der Waals surface area contributed by atoms with E-state index in [1.807, 2.05) is 0 Å². The third kappa shape index (κ3) is 3.70. The molecule has 0 bridgehead atoms. The Labute approximate surface area is 119 Å². The van der Waals surface area contributed by atoms with Gasteiger partial charge in [0.1, 0.15) is 5.82 Å². The number of halogens is 2. The van der Waals surface area contributed by atoms with Crippen LogP contribution in [0.4, 0.5) is 4.39 Å². The number of rotatable bonds is 2. The Kier molecular flexibility index (Phi) is 3.95. The smallest absolute Gasteiger partial charge is 0.126 e. The van der Waals surface area contributed by atoms with E-state index in [0.717, 1.165) is 12.8 Å². The molecule has 0 spiro atoms. The van der Waals surface area contributed by atoms with Gasteiger partial charge in [-0.3, -0.25) is 0 Å². The lowest BCUT2D eigenvalue weighted by Crippen LogP contribution is -2.43. The Balaban J connectivity index is 2.23. The van der Waals surface area contributed by atoms with Crippen LogP contribution in [0.15, 0.2) is 18.2 Å². The predicted octanol–water partition coefficient (Wildman–Crippen LogP) is 4.60. The fraction of sp³-hybridized carbons (Fsp3) is 0.625. The zero-order valence-electron chi connectivity index (χ0n) is 11.8. The summed E-state index contributed by atoms with van der Waals surface area (Å²) < 4.78 is 13.8. The number of hydrogen-bond acceptors (Lipinski definition) is 1. The van der Waals surface area contributed by atoms with Crippen molar-refractivity contribution in [3.63, 3.8) is 0 Å². The third-order valence-corrected chi connectivity index (χ3v) is 4.20. The Hall–Kier alpha value is -0.600. The molecule has 0 aromatic heterocycles. The van der Waals surface area contributed by atoms with Crippen molar-refractivity contribution in [1.82, 2.24) is 0 Å². The maximum absolute atomic E-state index is 13.8. The SMILES string of the molecule is CC1CC(C)(C)CC(O)(Cc2cc(Cl)ccc2F)C1. The van der Waals surface area contributed by atoms with Gasteiger partial charge in [0.2, 0.25) is 0 Å². The van der Waals surface area contributed by atoms with Gasteiger partial charge in [-0.05, 0) is 54.4 Å². The monoisotopic (exact) mass is 284 g/mol. The molecule has 0 amide bonds. The highest BCUT2D eigenvalue weighted by atomic mass is 35.5. The van der Waals surface area contributed by atoms with Crippen molar-refractivity contribution in [3.05, 3.63) is 34.6 Å². The zero-order chi connectivity index (χ0) is 14.3. The van der Waals surface area contributed by atoms with E-state index in [9.17, 15) is 9.50 Å². The molecule has 0 heterocycles. The van der Waals surface area contributed by atoms with E-state index in [1.54, 1.807) is 6.07 Å². The molecule has 106 valence electrons. The van der Waals surface area contributed by atoms with Gasteiger partial charge in [-0.15, -0.1) is 0 Å². The van der Waals surface area contributed by atoms with E-state index in [0.29, 0.717) is 29.3 Å². The topological polar surface area (TPSA) is 20.2 Å². The van der Waals surface area contributed by atoms with Gasteiger partial charge in [-0.1, -0.05) is 32.4 Å². The van der Waals surface area contributed by atoms with Crippen LogP contribution < -0.4 is 0 Å². The first kappa shape index (κ1) is 14.8. The molecule has 3 heteroatoms. The van der Waals surface area contributed by atoms with Gasteiger partial charge in [0.25, 0.3) is 0 Å². The molecule has 1 nitrogen and oxygen atoms in total. The average Bonchev–Trinajstić information content (AvgIpc) is 2.19. The Morgan fingerprint density at radius 2 is 2.05 bits per heavy atom. The van der Waals surface area contributed by atoms with Crippen LogP contribution in [0.25, 0.3) is 0 Å². The molecule has 19 heavy (non-hydrogen) atoms. The second-order valence-electron chi connectivity index (χ2n) is 6.99. The highest BCUT2D eigenvalue weighted by Gasteiger charge is 2.41. The number of hydrogen-bond donors (Lipinski definition) is 1. The number of aliphatic hydroxyl groups is 1. The largest absolute Gasteiger partial charge is 0.390 e. The summed E-state index contributed by atoms with van der Waals surface area (Å²) in [4.78, 5) is 0. The van der Waals surface area contributed by atoms with E-state index in [-0.39, 0.29) is 11.2 Å². The predicted molar refractivity (Wildman–Crippen MR) is 76.9 cm³/mol. The summed E-state index contributed by atoms with van der Waals surface area (Å²) >= 11 is 5.92. The van der Waals surface area contributed by atoms with Gasteiger partial charge in [-0.25, -0.2) is 4.39 Å². The molecule has 2 unspecified atom stereocenters. The Morgan fingerprint density at radius 3 is 2.68 bits per heavy atom. The summed E-state index contributed by atoms with van der Waals surface area (Å²) in [6.45, 7) is 6.49. The summed E-state index contributed by atoms with van der Waals surface area (Å²) in [5, 5.41) is 11.4. The minimum atomic E-state index is -0.827. The summed E-state index contributed by atoms with van der Waals surface area (Å²) in [6, 6.07) is 4.54. The van der Waals surface area contributed by atoms with E-state index < -0.39 is 5.60 Å². The molecule has 1 aromatic carbocycles. The quantitative estimate of drug-likeness (QED) is 0.841. The standard InChI is InChI=1S/C16H22ClFO/c1-11-7-15(2,3)10-16(19,8-11)9-12-6-13(17)4-5-14(12)18/h4-6,11,19H,7-10H2,1-3H3. The Morgan fingerprint density at radius 1 is 1.37 bits per heavy atom. The summed E-state index contributed by atoms with van der Waals surface area (Å²) in [5.74, 6) is 0.171. The van der Waals surface area contributed by atoms with Crippen molar-refractivity contribution in [2.45, 2.75) is 52.1 Å². The summed E-state index contributed by atoms with van der Waals surface area (Å²) in [7, 11) is 0. The van der Waals surface area contributed by atoms with E-state index in [1.165, 1.54) is 12.1 Å². The van der Waals surface area contributed by atoms with Crippen LogP contribution in [0, 0.1) is 17.2 Å². The fourth-order valence-corrected chi connectivity index (χ4v) is 4.06. The summed E-state index contributed by atoms with van der Waals surface area (Å²) in [5.41, 5.74) is -0.214. The van der Waals surface area contributed by atoms with Crippen molar-refractivity contribution >= 4 is 11.6 Å². The Bertz CT molecular complexity index is 472. The second-order valence-corrected chi connectivity index (χ2v) is 7.43. The minimum absolute atomic E-state index is 0.0987. The second kappa shape index (κ2) is 5.06. The van der Waals surface area contributed by atoms with Crippen LogP contribution in [0.2, 0.25) is 5.02 Å². The molecule has 1 N–H and O–H groups in total. The number of benzene rings is 1. The summed E-state index contributed by atoms with van der Waals surface area (Å²) in [6.07, 6.45) is 2.87. The van der Waals surface area contributed by atoms with Crippen LogP contribution in [0.1, 0.15) is 45.6 Å². The molecule has 0 radical (unpaired) electrons. The van der Waals surface area contributed by atoms with Gasteiger partial charge in [0.15, 0.2) is 0 Å². The molecule has 1 saturated carbocycles. The first-order chi connectivity index (χ1) is 8.69. The molecule has 2 atom stereocenters.